The molecule has 0 aromatic carbocycles. The fourth-order valence-corrected chi connectivity index (χ4v) is 1.81. The monoisotopic (exact) mass is 317 g/mol. The first-order chi connectivity index (χ1) is 8.83. The Labute approximate surface area is 129 Å². The van der Waals surface area contributed by atoms with E-state index in [0.717, 1.165) is 18.1 Å². The Morgan fingerprint density at radius 2 is 2.10 bits per heavy atom. The number of anilines is 1. The molecule has 0 aliphatic heterocycles. The van der Waals surface area contributed by atoms with Gasteiger partial charge in [0.25, 0.3) is 0 Å². The molecule has 8 heteroatoms. The number of pyridine rings is 1. The summed E-state index contributed by atoms with van der Waals surface area (Å²) in [7, 11) is 0. The van der Waals surface area contributed by atoms with Crippen molar-refractivity contribution in [3.63, 3.8) is 0 Å². The molecule has 1 aliphatic rings. The van der Waals surface area contributed by atoms with Gasteiger partial charge in [-0.1, -0.05) is 6.07 Å². The smallest absolute Gasteiger partial charge is 0.240 e. The van der Waals surface area contributed by atoms with E-state index >= 15 is 0 Å². The van der Waals surface area contributed by atoms with Gasteiger partial charge in [-0.3, -0.25) is 14.5 Å². The Balaban J connectivity index is 0.000001000. The molecular formula is C12H17Cl2N5O. The first-order valence-corrected chi connectivity index (χ1v) is 6.13. The highest BCUT2D eigenvalue weighted by Crippen LogP contribution is 2.27. The zero-order valence-electron chi connectivity index (χ0n) is 10.8. The van der Waals surface area contributed by atoms with E-state index in [2.05, 4.69) is 20.8 Å². The third-order valence-corrected chi connectivity index (χ3v) is 2.98. The first-order valence-electron chi connectivity index (χ1n) is 6.13. The maximum atomic E-state index is 11.7. The Morgan fingerprint density at radius 1 is 1.30 bits per heavy atom. The van der Waals surface area contributed by atoms with Gasteiger partial charge in [-0.05, 0) is 37.4 Å². The van der Waals surface area contributed by atoms with Gasteiger partial charge in [0.15, 0.2) is 5.65 Å². The number of nitrogens with one attached hydrogen (secondary N) is 2. The standard InChI is InChI=1S/C12H15N5O.2ClH/c18-11(8-13-7-9-4-5-9)14-12-16-15-10-3-1-2-6-17(10)12;;/h1-3,6,9,13H,4-5,7-8H2,(H,14,16,18);2*1H. The van der Waals surface area contributed by atoms with Crippen molar-refractivity contribution in [1.29, 1.82) is 0 Å². The number of carbonyl (C=O) groups excluding carboxylic acids is 1. The lowest BCUT2D eigenvalue weighted by Crippen LogP contribution is -2.30. The van der Waals surface area contributed by atoms with E-state index in [0.29, 0.717) is 12.5 Å². The topological polar surface area (TPSA) is 71.3 Å². The molecule has 20 heavy (non-hydrogen) atoms. The van der Waals surface area contributed by atoms with Crippen molar-refractivity contribution in [3.8, 4) is 0 Å². The summed E-state index contributed by atoms with van der Waals surface area (Å²) in [5, 5.41) is 13.8. The van der Waals surface area contributed by atoms with Crippen LogP contribution in [0, 0.1) is 5.92 Å². The van der Waals surface area contributed by atoms with Crippen molar-refractivity contribution in [3.05, 3.63) is 24.4 Å². The minimum absolute atomic E-state index is 0. The van der Waals surface area contributed by atoms with E-state index in [4.69, 9.17) is 0 Å². The number of aromatic nitrogens is 3. The maximum Gasteiger partial charge on any atom is 0.240 e. The van der Waals surface area contributed by atoms with Crippen molar-refractivity contribution in [2.75, 3.05) is 18.4 Å². The Kier molecular flexibility index (Phi) is 6.19. The number of amides is 1. The summed E-state index contributed by atoms with van der Waals surface area (Å²) in [5.41, 5.74) is 0.721. The molecule has 2 heterocycles. The van der Waals surface area contributed by atoms with E-state index in [-0.39, 0.29) is 30.7 Å². The normalized spacial score (nSPS) is 13.4. The van der Waals surface area contributed by atoms with Crippen LogP contribution in [0.4, 0.5) is 5.95 Å². The molecule has 2 aromatic rings. The highest BCUT2D eigenvalue weighted by molar-refractivity contribution is 5.90. The third-order valence-electron chi connectivity index (χ3n) is 2.98. The van der Waals surface area contributed by atoms with Crippen molar-refractivity contribution >= 4 is 42.3 Å². The number of fused-ring (bicyclic) bond motifs is 1. The van der Waals surface area contributed by atoms with Gasteiger partial charge < -0.3 is 5.32 Å². The fraction of sp³-hybridized carbons (Fsp3) is 0.417. The molecule has 1 amide bonds. The number of halogens is 2. The van der Waals surface area contributed by atoms with Crippen LogP contribution < -0.4 is 10.6 Å². The molecule has 2 aromatic heterocycles. The van der Waals surface area contributed by atoms with Gasteiger partial charge in [0.1, 0.15) is 0 Å². The van der Waals surface area contributed by atoms with Crippen LogP contribution in [0.25, 0.3) is 5.65 Å². The lowest BCUT2D eigenvalue weighted by atomic mass is 10.4. The van der Waals surface area contributed by atoms with E-state index in [1.54, 1.807) is 4.40 Å². The summed E-state index contributed by atoms with van der Waals surface area (Å²) in [5.74, 6) is 1.14. The SMILES string of the molecule is Cl.Cl.O=C(CNCC1CC1)Nc1nnc2ccccn12. The number of hydrogen-bond acceptors (Lipinski definition) is 4. The number of hydrogen-bond donors (Lipinski definition) is 2. The van der Waals surface area contributed by atoms with E-state index in [9.17, 15) is 4.79 Å². The average Bonchev–Trinajstić information content (AvgIpc) is 3.11. The molecule has 0 saturated heterocycles. The molecule has 0 unspecified atom stereocenters. The average molecular weight is 318 g/mol. The minimum atomic E-state index is -0.0891. The molecule has 3 rings (SSSR count). The second kappa shape index (κ2) is 7.42. The zero-order chi connectivity index (χ0) is 12.4. The maximum absolute atomic E-state index is 11.7. The fourth-order valence-electron chi connectivity index (χ4n) is 1.81. The second-order valence-electron chi connectivity index (χ2n) is 4.57. The Hall–Kier alpha value is -1.37. The molecule has 0 spiro atoms. The molecule has 0 atom stereocenters. The van der Waals surface area contributed by atoms with Gasteiger partial charge >= 0.3 is 0 Å². The summed E-state index contributed by atoms with van der Waals surface area (Å²) in [6.07, 6.45) is 4.38. The van der Waals surface area contributed by atoms with Gasteiger partial charge in [0.2, 0.25) is 11.9 Å². The second-order valence-corrected chi connectivity index (χ2v) is 4.57. The lowest BCUT2D eigenvalue weighted by Gasteiger charge is -2.04. The van der Waals surface area contributed by atoms with Gasteiger partial charge in [-0.2, -0.15) is 0 Å². The highest BCUT2D eigenvalue weighted by Gasteiger charge is 2.20. The summed E-state index contributed by atoms with van der Waals surface area (Å²) < 4.78 is 1.75. The van der Waals surface area contributed by atoms with Crippen LogP contribution in [0.3, 0.4) is 0 Å². The number of rotatable bonds is 5. The molecule has 6 nitrogen and oxygen atoms in total. The van der Waals surface area contributed by atoms with Crippen LogP contribution in [0.1, 0.15) is 12.8 Å². The molecular weight excluding hydrogens is 301 g/mol. The molecule has 2 N–H and O–H groups in total. The summed E-state index contributed by atoms with van der Waals surface area (Å²) in [4.78, 5) is 11.7. The van der Waals surface area contributed by atoms with E-state index in [1.807, 2.05) is 24.4 Å². The Morgan fingerprint density at radius 3 is 2.85 bits per heavy atom. The molecule has 0 radical (unpaired) electrons. The van der Waals surface area contributed by atoms with Crippen LogP contribution in [-0.4, -0.2) is 33.6 Å². The summed E-state index contributed by atoms with van der Waals surface area (Å²) >= 11 is 0. The quantitative estimate of drug-likeness (QED) is 0.877. The van der Waals surface area contributed by atoms with Gasteiger partial charge in [0, 0.05) is 6.20 Å². The van der Waals surface area contributed by atoms with Crippen molar-refractivity contribution in [2.24, 2.45) is 5.92 Å². The summed E-state index contributed by atoms with van der Waals surface area (Å²) in [6, 6.07) is 5.60. The highest BCUT2D eigenvalue weighted by atomic mass is 35.5. The molecule has 1 aliphatic carbocycles. The van der Waals surface area contributed by atoms with Crippen LogP contribution in [-0.2, 0) is 4.79 Å². The van der Waals surface area contributed by atoms with Crippen molar-refractivity contribution in [1.82, 2.24) is 19.9 Å². The third kappa shape index (κ3) is 4.06. The molecule has 1 saturated carbocycles. The van der Waals surface area contributed by atoms with Crippen LogP contribution >= 0.6 is 24.8 Å². The molecule has 1 fully saturated rings. The minimum Gasteiger partial charge on any atom is -0.308 e. The van der Waals surface area contributed by atoms with Crippen LogP contribution in [0.2, 0.25) is 0 Å². The summed E-state index contributed by atoms with van der Waals surface area (Å²) in [6.45, 7) is 1.24. The van der Waals surface area contributed by atoms with Crippen molar-refractivity contribution < 1.29 is 4.79 Å². The van der Waals surface area contributed by atoms with Gasteiger partial charge in [0.05, 0.1) is 6.54 Å². The predicted molar refractivity (Wildman–Crippen MR) is 81.7 cm³/mol. The number of carbonyl (C=O) groups is 1. The van der Waals surface area contributed by atoms with E-state index in [1.165, 1.54) is 12.8 Å². The van der Waals surface area contributed by atoms with Crippen LogP contribution in [0.5, 0.6) is 0 Å². The zero-order valence-corrected chi connectivity index (χ0v) is 12.4. The van der Waals surface area contributed by atoms with Gasteiger partial charge in [-0.25, -0.2) is 0 Å². The first kappa shape index (κ1) is 16.7. The molecule has 110 valence electrons. The number of nitrogens with zero attached hydrogens (tertiary/aromatic N) is 3. The molecule has 0 bridgehead atoms. The van der Waals surface area contributed by atoms with Gasteiger partial charge in [-0.15, -0.1) is 35.0 Å². The van der Waals surface area contributed by atoms with Crippen LogP contribution in [0.15, 0.2) is 24.4 Å². The lowest BCUT2D eigenvalue weighted by molar-refractivity contribution is -0.115. The Bertz CT molecular complexity index is 570. The van der Waals surface area contributed by atoms with Crippen molar-refractivity contribution in [2.45, 2.75) is 12.8 Å². The predicted octanol–water partition coefficient (Wildman–Crippen LogP) is 1.51. The van der Waals surface area contributed by atoms with E-state index < -0.39 is 0 Å². The largest absolute Gasteiger partial charge is 0.308 e.